The van der Waals surface area contributed by atoms with E-state index < -0.39 is 0 Å². The van der Waals surface area contributed by atoms with Crippen LogP contribution in [0.3, 0.4) is 0 Å². The minimum absolute atomic E-state index is 0.0152. The maximum Gasteiger partial charge on any atom is 0.218 e. The van der Waals surface area contributed by atoms with Crippen LogP contribution in [-0.2, 0) is 4.79 Å². The van der Waals surface area contributed by atoms with Gasteiger partial charge in [0.25, 0.3) is 0 Å². The number of aryl methyl sites for hydroxylation is 1. The van der Waals surface area contributed by atoms with Crippen molar-refractivity contribution in [2.75, 3.05) is 0 Å². The van der Waals surface area contributed by atoms with Crippen molar-refractivity contribution in [2.45, 2.75) is 19.3 Å². The summed E-state index contributed by atoms with van der Waals surface area (Å²) >= 11 is 0. The standard InChI is InChI=1S/C18H18N2O/c1-12-5-4-6-13(9-12)15(10-18(19)21)16-11-20-17-8-3-2-7-14(16)17/h2-9,11,15,20H,10H2,1H3,(H2,19,21). The number of aromatic amines is 1. The Kier molecular flexibility index (Phi) is 3.48. The Morgan fingerprint density at radius 3 is 2.76 bits per heavy atom. The van der Waals surface area contributed by atoms with Crippen LogP contribution in [0, 0.1) is 6.92 Å². The summed E-state index contributed by atoms with van der Waals surface area (Å²) in [5.74, 6) is -0.301. The molecule has 106 valence electrons. The summed E-state index contributed by atoms with van der Waals surface area (Å²) in [5.41, 5.74) is 9.97. The number of carbonyl (C=O) groups excluding carboxylic acids is 1. The molecular weight excluding hydrogens is 260 g/mol. The zero-order chi connectivity index (χ0) is 14.8. The highest BCUT2D eigenvalue weighted by molar-refractivity contribution is 5.85. The summed E-state index contributed by atoms with van der Waals surface area (Å²) in [6.45, 7) is 2.06. The van der Waals surface area contributed by atoms with Crippen molar-refractivity contribution < 1.29 is 4.79 Å². The Morgan fingerprint density at radius 2 is 2.00 bits per heavy atom. The van der Waals surface area contributed by atoms with E-state index in [9.17, 15) is 4.79 Å². The molecule has 1 unspecified atom stereocenters. The minimum Gasteiger partial charge on any atom is -0.370 e. The lowest BCUT2D eigenvalue weighted by Crippen LogP contribution is -2.16. The van der Waals surface area contributed by atoms with Gasteiger partial charge in [0.15, 0.2) is 0 Å². The molecule has 21 heavy (non-hydrogen) atoms. The molecule has 0 bridgehead atoms. The van der Waals surface area contributed by atoms with Gasteiger partial charge in [-0.3, -0.25) is 4.79 Å². The van der Waals surface area contributed by atoms with E-state index in [1.165, 1.54) is 5.56 Å². The highest BCUT2D eigenvalue weighted by Gasteiger charge is 2.20. The lowest BCUT2D eigenvalue weighted by Gasteiger charge is -2.16. The molecule has 1 aromatic heterocycles. The number of fused-ring (bicyclic) bond motifs is 1. The number of carbonyl (C=O) groups is 1. The van der Waals surface area contributed by atoms with Crippen LogP contribution in [0.25, 0.3) is 10.9 Å². The number of hydrogen-bond acceptors (Lipinski definition) is 1. The van der Waals surface area contributed by atoms with E-state index in [1.807, 2.05) is 30.5 Å². The van der Waals surface area contributed by atoms with Crippen LogP contribution in [0.4, 0.5) is 0 Å². The second-order valence-electron chi connectivity index (χ2n) is 5.43. The first-order chi connectivity index (χ1) is 10.1. The van der Waals surface area contributed by atoms with Crippen LogP contribution in [-0.4, -0.2) is 10.9 Å². The first kappa shape index (κ1) is 13.4. The number of hydrogen-bond donors (Lipinski definition) is 2. The van der Waals surface area contributed by atoms with E-state index in [4.69, 9.17) is 5.73 Å². The molecule has 0 aliphatic carbocycles. The van der Waals surface area contributed by atoms with E-state index in [1.54, 1.807) is 0 Å². The fraction of sp³-hybridized carbons (Fsp3) is 0.167. The maximum atomic E-state index is 11.5. The third-order valence-corrected chi connectivity index (χ3v) is 3.85. The van der Waals surface area contributed by atoms with Gasteiger partial charge in [-0.05, 0) is 24.1 Å². The van der Waals surface area contributed by atoms with Crippen LogP contribution in [0.1, 0.15) is 29.0 Å². The number of aromatic nitrogens is 1. The molecule has 3 nitrogen and oxygen atoms in total. The van der Waals surface area contributed by atoms with Gasteiger partial charge in [0.1, 0.15) is 0 Å². The molecule has 0 saturated heterocycles. The SMILES string of the molecule is Cc1cccc(C(CC(N)=O)c2c[nH]c3ccccc23)c1. The lowest BCUT2D eigenvalue weighted by atomic mass is 9.87. The molecule has 3 rings (SSSR count). The molecular formula is C18H18N2O. The average molecular weight is 278 g/mol. The number of nitrogens with two attached hydrogens (primary N) is 1. The van der Waals surface area contributed by atoms with Crippen LogP contribution in [0.5, 0.6) is 0 Å². The Morgan fingerprint density at radius 1 is 1.19 bits per heavy atom. The van der Waals surface area contributed by atoms with E-state index >= 15 is 0 Å². The molecule has 3 aromatic rings. The molecule has 0 aliphatic rings. The smallest absolute Gasteiger partial charge is 0.218 e. The monoisotopic (exact) mass is 278 g/mol. The molecule has 0 aliphatic heterocycles. The van der Waals surface area contributed by atoms with Gasteiger partial charge >= 0.3 is 0 Å². The normalized spacial score (nSPS) is 12.4. The number of para-hydroxylation sites is 1. The van der Waals surface area contributed by atoms with Gasteiger partial charge in [0.05, 0.1) is 0 Å². The highest BCUT2D eigenvalue weighted by atomic mass is 16.1. The van der Waals surface area contributed by atoms with Crippen molar-refractivity contribution in [2.24, 2.45) is 5.73 Å². The van der Waals surface area contributed by atoms with E-state index in [-0.39, 0.29) is 11.8 Å². The molecule has 3 N–H and O–H groups in total. The lowest BCUT2D eigenvalue weighted by molar-refractivity contribution is -0.118. The molecule has 0 fully saturated rings. The van der Waals surface area contributed by atoms with Gasteiger partial charge in [-0.2, -0.15) is 0 Å². The Balaban J connectivity index is 2.13. The molecule has 3 heteroatoms. The summed E-state index contributed by atoms with van der Waals surface area (Å²) in [6, 6.07) is 16.4. The quantitative estimate of drug-likeness (QED) is 0.754. The summed E-state index contributed by atoms with van der Waals surface area (Å²) in [5, 5.41) is 1.14. The fourth-order valence-electron chi connectivity index (χ4n) is 2.88. The second kappa shape index (κ2) is 5.44. The number of amides is 1. The van der Waals surface area contributed by atoms with Crippen LogP contribution in [0.15, 0.2) is 54.7 Å². The second-order valence-corrected chi connectivity index (χ2v) is 5.43. The first-order valence-electron chi connectivity index (χ1n) is 7.06. The third-order valence-electron chi connectivity index (χ3n) is 3.85. The number of rotatable bonds is 4. The molecule has 1 heterocycles. The predicted octanol–water partition coefficient (Wildman–Crippen LogP) is 3.48. The zero-order valence-electron chi connectivity index (χ0n) is 12.0. The molecule has 0 spiro atoms. The van der Waals surface area contributed by atoms with Crippen LogP contribution in [0.2, 0.25) is 0 Å². The molecule has 1 amide bonds. The topological polar surface area (TPSA) is 58.9 Å². The molecule has 0 radical (unpaired) electrons. The fourth-order valence-corrected chi connectivity index (χ4v) is 2.88. The van der Waals surface area contributed by atoms with Gasteiger partial charge in [-0.25, -0.2) is 0 Å². The first-order valence-corrected chi connectivity index (χ1v) is 7.06. The molecule has 0 saturated carbocycles. The number of primary amides is 1. The maximum absolute atomic E-state index is 11.5. The van der Waals surface area contributed by atoms with Crippen molar-refractivity contribution in [3.8, 4) is 0 Å². The van der Waals surface area contributed by atoms with Gasteiger partial charge in [0.2, 0.25) is 5.91 Å². The summed E-state index contributed by atoms with van der Waals surface area (Å²) in [6.07, 6.45) is 2.30. The summed E-state index contributed by atoms with van der Waals surface area (Å²) in [4.78, 5) is 14.8. The van der Waals surface area contributed by atoms with Crippen molar-refractivity contribution in [1.82, 2.24) is 4.98 Å². The number of benzene rings is 2. The van der Waals surface area contributed by atoms with Crippen molar-refractivity contribution in [1.29, 1.82) is 0 Å². The van der Waals surface area contributed by atoms with Crippen molar-refractivity contribution in [3.05, 3.63) is 71.4 Å². The zero-order valence-corrected chi connectivity index (χ0v) is 12.0. The average Bonchev–Trinajstić information content (AvgIpc) is 2.88. The van der Waals surface area contributed by atoms with Gasteiger partial charge in [-0.1, -0.05) is 48.0 Å². The van der Waals surface area contributed by atoms with Crippen molar-refractivity contribution >= 4 is 16.8 Å². The highest BCUT2D eigenvalue weighted by Crippen LogP contribution is 2.33. The van der Waals surface area contributed by atoms with Gasteiger partial charge in [-0.15, -0.1) is 0 Å². The number of nitrogens with one attached hydrogen (secondary N) is 1. The van der Waals surface area contributed by atoms with E-state index in [0.29, 0.717) is 6.42 Å². The van der Waals surface area contributed by atoms with Crippen LogP contribution < -0.4 is 5.73 Å². The number of H-pyrrole nitrogens is 1. The van der Waals surface area contributed by atoms with Gasteiger partial charge < -0.3 is 10.7 Å². The summed E-state index contributed by atoms with van der Waals surface area (Å²) < 4.78 is 0. The van der Waals surface area contributed by atoms with Crippen LogP contribution >= 0.6 is 0 Å². The summed E-state index contributed by atoms with van der Waals surface area (Å²) in [7, 11) is 0. The van der Waals surface area contributed by atoms with E-state index in [0.717, 1.165) is 22.0 Å². The Labute approximate surface area is 123 Å². The Bertz CT molecular complexity index is 789. The molecule has 2 aromatic carbocycles. The largest absolute Gasteiger partial charge is 0.370 e. The van der Waals surface area contributed by atoms with Gasteiger partial charge in [0, 0.05) is 29.4 Å². The predicted molar refractivity (Wildman–Crippen MR) is 85.1 cm³/mol. The van der Waals surface area contributed by atoms with E-state index in [2.05, 4.69) is 36.2 Å². The Hall–Kier alpha value is -2.55. The minimum atomic E-state index is -0.285. The molecule has 1 atom stereocenters. The third kappa shape index (κ3) is 2.68. The van der Waals surface area contributed by atoms with Crippen molar-refractivity contribution in [3.63, 3.8) is 0 Å².